The standard InChI is InChI=1S/C15H20N2O/c1-12(5-4-8-18)17-11-14-10-16-9-13-6-2-3-7-15(13)14/h2-3,6-7,9-10,12,17-18H,4-5,8,11H2,1H3. The first-order valence-corrected chi connectivity index (χ1v) is 6.47. The van der Waals surface area contributed by atoms with Crippen molar-refractivity contribution >= 4 is 10.8 Å². The number of nitrogens with zero attached hydrogens (tertiary/aromatic N) is 1. The first kappa shape index (κ1) is 13.0. The van der Waals surface area contributed by atoms with Gasteiger partial charge in [-0.3, -0.25) is 4.98 Å². The molecule has 0 bridgehead atoms. The Hall–Kier alpha value is -1.45. The third-order valence-electron chi connectivity index (χ3n) is 3.19. The number of nitrogens with one attached hydrogen (secondary N) is 1. The van der Waals surface area contributed by atoms with Gasteiger partial charge in [0.15, 0.2) is 0 Å². The maximum atomic E-state index is 8.80. The molecular weight excluding hydrogens is 224 g/mol. The summed E-state index contributed by atoms with van der Waals surface area (Å²) >= 11 is 0. The van der Waals surface area contributed by atoms with Gasteiger partial charge in [0.05, 0.1) is 0 Å². The fourth-order valence-electron chi connectivity index (χ4n) is 2.10. The van der Waals surface area contributed by atoms with E-state index in [0.29, 0.717) is 6.04 Å². The van der Waals surface area contributed by atoms with Crippen molar-refractivity contribution in [3.05, 3.63) is 42.2 Å². The van der Waals surface area contributed by atoms with Crippen molar-refractivity contribution < 1.29 is 5.11 Å². The van der Waals surface area contributed by atoms with Gasteiger partial charge in [0.1, 0.15) is 0 Å². The highest BCUT2D eigenvalue weighted by molar-refractivity contribution is 5.84. The Balaban J connectivity index is 2.03. The maximum absolute atomic E-state index is 8.80. The summed E-state index contributed by atoms with van der Waals surface area (Å²) in [6.07, 6.45) is 5.67. The monoisotopic (exact) mass is 244 g/mol. The first-order chi connectivity index (χ1) is 8.81. The minimum Gasteiger partial charge on any atom is -0.396 e. The SMILES string of the molecule is CC(CCCO)NCc1cncc2ccccc12. The van der Waals surface area contributed by atoms with Gasteiger partial charge in [0, 0.05) is 37.0 Å². The summed E-state index contributed by atoms with van der Waals surface area (Å²) in [5.74, 6) is 0. The van der Waals surface area contributed by atoms with Crippen molar-refractivity contribution in [1.29, 1.82) is 0 Å². The van der Waals surface area contributed by atoms with Crippen LogP contribution in [0.4, 0.5) is 0 Å². The number of hydrogen-bond donors (Lipinski definition) is 2. The molecule has 1 aromatic carbocycles. The normalized spacial score (nSPS) is 12.8. The van der Waals surface area contributed by atoms with Crippen molar-refractivity contribution in [3.8, 4) is 0 Å². The number of aliphatic hydroxyl groups is 1. The quantitative estimate of drug-likeness (QED) is 0.820. The summed E-state index contributed by atoms with van der Waals surface area (Å²) in [5, 5.41) is 14.7. The topological polar surface area (TPSA) is 45.1 Å². The molecule has 0 saturated heterocycles. The van der Waals surface area contributed by atoms with E-state index in [1.807, 2.05) is 18.5 Å². The summed E-state index contributed by atoms with van der Waals surface area (Å²) < 4.78 is 0. The van der Waals surface area contributed by atoms with E-state index in [4.69, 9.17) is 5.11 Å². The molecule has 2 N–H and O–H groups in total. The molecule has 0 fully saturated rings. The van der Waals surface area contributed by atoms with Crippen molar-refractivity contribution in [2.75, 3.05) is 6.61 Å². The largest absolute Gasteiger partial charge is 0.396 e. The number of aliphatic hydroxyl groups excluding tert-OH is 1. The molecular formula is C15H20N2O. The fourth-order valence-corrected chi connectivity index (χ4v) is 2.10. The molecule has 0 aliphatic carbocycles. The maximum Gasteiger partial charge on any atom is 0.0431 e. The average Bonchev–Trinajstić information content (AvgIpc) is 2.42. The van der Waals surface area contributed by atoms with E-state index in [-0.39, 0.29) is 6.61 Å². The smallest absolute Gasteiger partial charge is 0.0431 e. The minimum absolute atomic E-state index is 0.266. The predicted molar refractivity (Wildman–Crippen MR) is 74.4 cm³/mol. The zero-order valence-corrected chi connectivity index (χ0v) is 10.8. The van der Waals surface area contributed by atoms with E-state index in [1.165, 1.54) is 16.3 Å². The number of aromatic nitrogens is 1. The number of benzene rings is 1. The van der Waals surface area contributed by atoms with Gasteiger partial charge < -0.3 is 10.4 Å². The Morgan fingerprint density at radius 3 is 2.94 bits per heavy atom. The summed E-state index contributed by atoms with van der Waals surface area (Å²) in [6, 6.07) is 8.72. The van der Waals surface area contributed by atoms with Crippen LogP contribution < -0.4 is 5.32 Å². The van der Waals surface area contributed by atoms with Crippen molar-refractivity contribution in [1.82, 2.24) is 10.3 Å². The van der Waals surface area contributed by atoms with E-state index in [2.05, 4.69) is 35.4 Å². The molecule has 0 aliphatic heterocycles. The van der Waals surface area contributed by atoms with E-state index in [1.54, 1.807) is 0 Å². The van der Waals surface area contributed by atoms with Crippen LogP contribution in [-0.2, 0) is 6.54 Å². The van der Waals surface area contributed by atoms with Gasteiger partial charge in [-0.15, -0.1) is 0 Å². The predicted octanol–water partition coefficient (Wildman–Crippen LogP) is 2.49. The number of fused-ring (bicyclic) bond motifs is 1. The number of rotatable bonds is 6. The van der Waals surface area contributed by atoms with Crippen LogP contribution in [0.5, 0.6) is 0 Å². The van der Waals surface area contributed by atoms with Crippen LogP contribution in [0.1, 0.15) is 25.3 Å². The Morgan fingerprint density at radius 1 is 1.28 bits per heavy atom. The summed E-state index contributed by atoms with van der Waals surface area (Å²) in [5.41, 5.74) is 1.23. The van der Waals surface area contributed by atoms with Gasteiger partial charge in [-0.25, -0.2) is 0 Å². The van der Waals surface area contributed by atoms with Crippen LogP contribution in [0.25, 0.3) is 10.8 Å². The second-order valence-electron chi connectivity index (χ2n) is 4.67. The van der Waals surface area contributed by atoms with E-state index >= 15 is 0 Å². The molecule has 3 nitrogen and oxygen atoms in total. The van der Waals surface area contributed by atoms with Gasteiger partial charge in [0.2, 0.25) is 0 Å². The average molecular weight is 244 g/mol. The van der Waals surface area contributed by atoms with Crippen molar-refractivity contribution in [2.24, 2.45) is 0 Å². The molecule has 96 valence electrons. The Bertz CT molecular complexity index is 493. The summed E-state index contributed by atoms with van der Waals surface area (Å²) in [7, 11) is 0. The van der Waals surface area contributed by atoms with Gasteiger partial charge in [0.25, 0.3) is 0 Å². The molecule has 0 saturated carbocycles. The third-order valence-corrected chi connectivity index (χ3v) is 3.19. The van der Waals surface area contributed by atoms with E-state index in [0.717, 1.165) is 19.4 Å². The highest BCUT2D eigenvalue weighted by atomic mass is 16.2. The molecule has 1 aromatic heterocycles. The molecule has 0 radical (unpaired) electrons. The lowest BCUT2D eigenvalue weighted by atomic mass is 10.1. The fraction of sp³-hybridized carbons (Fsp3) is 0.400. The van der Waals surface area contributed by atoms with Gasteiger partial charge in [-0.1, -0.05) is 24.3 Å². The molecule has 2 aromatic rings. The van der Waals surface area contributed by atoms with Crippen LogP contribution in [-0.4, -0.2) is 22.7 Å². The highest BCUT2D eigenvalue weighted by Gasteiger charge is 2.04. The molecule has 18 heavy (non-hydrogen) atoms. The zero-order chi connectivity index (χ0) is 12.8. The third kappa shape index (κ3) is 3.28. The van der Waals surface area contributed by atoms with E-state index < -0.39 is 0 Å². The minimum atomic E-state index is 0.266. The molecule has 1 unspecified atom stereocenters. The van der Waals surface area contributed by atoms with Crippen LogP contribution in [0.15, 0.2) is 36.7 Å². The second-order valence-corrected chi connectivity index (χ2v) is 4.67. The Morgan fingerprint density at radius 2 is 2.11 bits per heavy atom. The first-order valence-electron chi connectivity index (χ1n) is 6.47. The van der Waals surface area contributed by atoms with Crippen LogP contribution in [0.2, 0.25) is 0 Å². The van der Waals surface area contributed by atoms with Gasteiger partial charge >= 0.3 is 0 Å². The van der Waals surface area contributed by atoms with Crippen LogP contribution >= 0.6 is 0 Å². The van der Waals surface area contributed by atoms with Crippen molar-refractivity contribution in [3.63, 3.8) is 0 Å². The molecule has 0 spiro atoms. The number of pyridine rings is 1. The molecule has 3 heteroatoms. The van der Waals surface area contributed by atoms with E-state index in [9.17, 15) is 0 Å². The molecule has 2 rings (SSSR count). The molecule has 0 aliphatic rings. The summed E-state index contributed by atoms with van der Waals surface area (Å²) in [6.45, 7) is 3.23. The Kier molecular flexibility index (Phi) is 4.67. The molecule has 1 atom stereocenters. The molecule has 0 amide bonds. The lowest BCUT2D eigenvalue weighted by Crippen LogP contribution is -2.25. The second kappa shape index (κ2) is 6.47. The number of hydrogen-bond acceptors (Lipinski definition) is 3. The zero-order valence-electron chi connectivity index (χ0n) is 10.8. The Labute approximate surface area is 108 Å². The lowest BCUT2D eigenvalue weighted by molar-refractivity contribution is 0.276. The lowest BCUT2D eigenvalue weighted by Gasteiger charge is -2.14. The van der Waals surface area contributed by atoms with Gasteiger partial charge in [-0.2, -0.15) is 0 Å². The van der Waals surface area contributed by atoms with Crippen LogP contribution in [0, 0.1) is 0 Å². The summed E-state index contributed by atoms with van der Waals surface area (Å²) in [4.78, 5) is 4.27. The van der Waals surface area contributed by atoms with Crippen molar-refractivity contribution in [2.45, 2.75) is 32.4 Å². The molecule has 1 heterocycles. The van der Waals surface area contributed by atoms with Gasteiger partial charge in [-0.05, 0) is 30.7 Å². The highest BCUT2D eigenvalue weighted by Crippen LogP contribution is 2.16. The van der Waals surface area contributed by atoms with Crippen LogP contribution in [0.3, 0.4) is 0 Å².